The van der Waals surface area contributed by atoms with Gasteiger partial charge in [-0.1, -0.05) is 6.07 Å². The van der Waals surface area contributed by atoms with Gasteiger partial charge >= 0.3 is 0 Å². The Balaban J connectivity index is 1.61. The zero-order valence-electron chi connectivity index (χ0n) is 13.1. The highest BCUT2D eigenvalue weighted by atomic mass is 16.7. The van der Waals surface area contributed by atoms with Crippen LogP contribution in [0.2, 0.25) is 0 Å². The van der Waals surface area contributed by atoms with Gasteiger partial charge in [0.25, 0.3) is 0 Å². The van der Waals surface area contributed by atoms with Crippen LogP contribution in [0, 0.1) is 0 Å². The van der Waals surface area contributed by atoms with Crippen LogP contribution in [0.5, 0.6) is 11.5 Å². The molecule has 0 radical (unpaired) electrons. The molecule has 5 rings (SSSR count). The molecule has 4 aromatic rings. The van der Waals surface area contributed by atoms with Crippen molar-refractivity contribution in [3.8, 4) is 23.0 Å². The quantitative estimate of drug-likeness (QED) is 0.531. The van der Waals surface area contributed by atoms with E-state index in [1.165, 1.54) is 0 Å². The lowest BCUT2D eigenvalue weighted by atomic mass is 10.2. The molecule has 6 nitrogen and oxygen atoms in total. The summed E-state index contributed by atoms with van der Waals surface area (Å²) in [5, 5.41) is 0. The number of imidazole rings is 1. The maximum Gasteiger partial charge on any atom is 0.231 e. The highest BCUT2D eigenvalue weighted by Crippen LogP contribution is 2.33. The zero-order chi connectivity index (χ0) is 16.6. The van der Waals surface area contributed by atoms with Gasteiger partial charge < -0.3 is 13.9 Å². The molecule has 1 aliphatic heterocycles. The summed E-state index contributed by atoms with van der Waals surface area (Å²) >= 11 is 0. The molecule has 0 amide bonds. The molecule has 0 saturated heterocycles. The number of benzene rings is 1. The maximum atomic E-state index is 5.52. The van der Waals surface area contributed by atoms with E-state index in [0.717, 1.165) is 22.7 Å². The molecule has 0 spiro atoms. The first-order valence-electron chi connectivity index (χ1n) is 7.83. The van der Waals surface area contributed by atoms with E-state index in [1.807, 2.05) is 59.1 Å². The van der Waals surface area contributed by atoms with Crippen LogP contribution in [-0.4, -0.2) is 22.4 Å². The van der Waals surface area contributed by atoms with Crippen LogP contribution in [0.1, 0.15) is 5.56 Å². The van der Waals surface area contributed by atoms with Gasteiger partial charge in [-0.05, 0) is 48.0 Å². The Morgan fingerprint density at radius 2 is 2.00 bits per heavy atom. The minimum Gasteiger partial charge on any atom is -0.463 e. The van der Waals surface area contributed by atoms with Crippen molar-refractivity contribution in [3.05, 3.63) is 66.6 Å². The van der Waals surface area contributed by atoms with Crippen molar-refractivity contribution in [3.63, 3.8) is 0 Å². The van der Waals surface area contributed by atoms with Gasteiger partial charge in [-0.15, -0.1) is 0 Å². The second-order valence-corrected chi connectivity index (χ2v) is 5.56. The first-order chi connectivity index (χ1) is 12.4. The number of aromatic nitrogens is 2. The molecule has 25 heavy (non-hydrogen) atoms. The van der Waals surface area contributed by atoms with Crippen molar-refractivity contribution in [2.24, 2.45) is 4.99 Å². The molecule has 1 aromatic carbocycles. The van der Waals surface area contributed by atoms with Gasteiger partial charge in [0.05, 0.1) is 6.26 Å². The fraction of sp³-hybridized carbons (Fsp3) is 0.0526. The molecule has 0 N–H and O–H groups in total. The first kappa shape index (κ1) is 13.9. The number of hydrogen-bond acceptors (Lipinski definition) is 5. The summed E-state index contributed by atoms with van der Waals surface area (Å²) in [4.78, 5) is 9.30. The Bertz CT molecular complexity index is 1080. The lowest BCUT2D eigenvalue weighted by molar-refractivity contribution is 0.174. The summed E-state index contributed by atoms with van der Waals surface area (Å²) < 4.78 is 18.2. The van der Waals surface area contributed by atoms with E-state index < -0.39 is 0 Å². The van der Waals surface area contributed by atoms with E-state index in [1.54, 1.807) is 12.5 Å². The van der Waals surface area contributed by atoms with E-state index in [2.05, 4.69) is 9.98 Å². The predicted molar refractivity (Wildman–Crippen MR) is 92.7 cm³/mol. The van der Waals surface area contributed by atoms with Crippen molar-refractivity contribution in [1.29, 1.82) is 0 Å². The fourth-order valence-corrected chi connectivity index (χ4v) is 2.81. The van der Waals surface area contributed by atoms with Gasteiger partial charge in [-0.25, -0.2) is 9.98 Å². The molecule has 6 heteroatoms. The normalized spacial score (nSPS) is 13.1. The van der Waals surface area contributed by atoms with Crippen molar-refractivity contribution >= 4 is 17.7 Å². The predicted octanol–water partition coefficient (Wildman–Crippen LogP) is 4.07. The summed E-state index contributed by atoms with van der Waals surface area (Å²) in [7, 11) is 0. The van der Waals surface area contributed by atoms with Crippen LogP contribution in [0.3, 0.4) is 0 Å². The van der Waals surface area contributed by atoms with Crippen molar-refractivity contribution in [2.45, 2.75) is 0 Å². The van der Waals surface area contributed by atoms with Crippen LogP contribution >= 0.6 is 0 Å². The second-order valence-electron chi connectivity index (χ2n) is 5.56. The molecule has 122 valence electrons. The van der Waals surface area contributed by atoms with Crippen LogP contribution in [-0.2, 0) is 0 Å². The molecular formula is C19H13N3O3. The number of rotatable bonds is 3. The number of furan rings is 1. The van der Waals surface area contributed by atoms with Crippen LogP contribution in [0.25, 0.3) is 17.1 Å². The Morgan fingerprint density at radius 3 is 2.92 bits per heavy atom. The molecule has 0 aliphatic carbocycles. The number of pyridine rings is 1. The van der Waals surface area contributed by atoms with Gasteiger partial charge in [-0.3, -0.25) is 4.40 Å². The van der Waals surface area contributed by atoms with Crippen molar-refractivity contribution in [2.75, 3.05) is 6.79 Å². The van der Waals surface area contributed by atoms with E-state index >= 15 is 0 Å². The smallest absolute Gasteiger partial charge is 0.231 e. The molecule has 3 aromatic heterocycles. The van der Waals surface area contributed by atoms with Gasteiger partial charge in [0.2, 0.25) is 6.79 Å². The molecule has 1 aliphatic rings. The summed E-state index contributed by atoms with van der Waals surface area (Å²) in [5.41, 5.74) is 2.43. The molecule has 0 fully saturated rings. The minimum absolute atomic E-state index is 0.256. The third kappa shape index (κ3) is 2.35. The summed E-state index contributed by atoms with van der Waals surface area (Å²) in [6.07, 6.45) is 5.34. The Morgan fingerprint density at radius 1 is 1.04 bits per heavy atom. The van der Waals surface area contributed by atoms with Gasteiger partial charge in [-0.2, -0.15) is 0 Å². The van der Waals surface area contributed by atoms with Crippen molar-refractivity contribution in [1.82, 2.24) is 9.38 Å². The van der Waals surface area contributed by atoms with Crippen LogP contribution in [0.15, 0.2) is 70.4 Å². The Hall–Kier alpha value is -3.54. The molecule has 4 heterocycles. The molecule has 0 saturated carbocycles. The topological polar surface area (TPSA) is 61.3 Å². The first-order valence-corrected chi connectivity index (χ1v) is 7.83. The Labute approximate surface area is 143 Å². The average Bonchev–Trinajstić information content (AvgIpc) is 3.38. The van der Waals surface area contributed by atoms with E-state index in [0.29, 0.717) is 17.3 Å². The number of fused-ring (bicyclic) bond motifs is 2. The highest BCUT2D eigenvalue weighted by molar-refractivity contribution is 5.85. The van der Waals surface area contributed by atoms with Gasteiger partial charge in [0.1, 0.15) is 5.65 Å². The Kier molecular flexibility index (Phi) is 3.06. The number of ether oxygens (including phenoxy) is 2. The SMILES string of the molecule is C(=N\c1c(-c2ccco2)nc2ccccn12)/c1ccc2c(c1)OCO2. The zero-order valence-corrected chi connectivity index (χ0v) is 13.1. The number of nitrogens with zero attached hydrogens (tertiary/aromatic N) is 3. The fourth-order valence-electron chi connectivity index (χ4n) is 2.81. The second kappa shape index (κ2) is 5.52. The van der Waals surface area contributed by atoms with Gasteiger partial charge in [0, 0.05) is 12.4 Å². The minimum atomic E-state index is 0.256. The third-order valence-corrected chi connectivity index (χ3v) is 3.99. The largest absolute Gasteiger partial charge is 0.463 e. The summed E-state index contributed by atoms with van der Waals surface area (Å²) in [6.45, 7) is 0.256. The highest BCUT2D eigenvalue weighted by Gasteiger charge is 2.16. The van der Waals surface area contributed by atoms with E-state index in [9.17, 15) is 0 Å². The standard InChI is InChI=1S/C19H13N3O3/c1-2-8-22-17(5-1)21-18(15-4-3-9-23-15)19(22)20-11-13-6-7-14-16(10-13)25-12-24-14/h1-11H,12H2/b20-11+. The monoisotopic (exact) mass is 331 g/mol. The lowest BCUT2D eigenvalue weighted by Gasteiger charge is -1.99. The number of aliphatic imine (C=N–C) groups is 1. The summed E-state index contributed by atoms with van der Waals surface area (Å²) in [5.74, 6) is 2.88. The van der Waals surface area contributed by atoms with Crippen LogP contribution < -0.4 is 9.47 Å². The molecular weight excluding hydrogens is 318 g/mol. The van der Waals surface area contributed by atoms with Gasteiger partial charge in [0.15, 0.2) is 28.8 Å². The van der Waals surface area contributed by atoms with E-state index in [-0.39, 0.29) is 6.79 Å². The molecule has 0 atom stereocenters. The lowest BCUT2D eigenvalue weighted by Crippen LogP contribution is -1.92. The maximum absolute atomic E-state index is 5.52. The number of hydrogen-bond donors (Lipinski definition) is 0. The molecule has 0 bridgehead atoms. The molecule has 0 unspecified atom stereocenters. The van der Waals surface area contributed by atoms with Crippen molar-refractivity contribution < 1.29 is 13.9 Å². The summed E-state index contributed by atoms with van der Waals surface area (Å²) in [6, 6.07) is 15.3. The van der Waals surface area contributed by atoms with Crippen LogP contribution in [0.4, 0.5) is 5.82 Å². The average molecular weight is 331 g/mol. The third-order valence-electron chi connectivity index (χ3n) is 3.99. The van der Waals surface area contributed by atoms with E-state index in [4.69, 9.17) is 13.9 Å².